The fourth-order valence-electron chi connectivity index (χ4n) is 2.74. The van der Waals surface area contributed by atoms with Gasteiger partial charge in [-0.3, -0.25) is 4.79 Å². The molecule has 7 heteroatoms. The molecule has 0 saturated heterocycles. The molecule has 0 aliphatic heterocycles. The molecule has 146 valence electrons. The quantitative estimate of drug-likeness (QED) is 0.549. The molecule has 7 nitrogen and oxygen atoms in total. The first-order valence-corrected chi connectivity index (χ1v) is 8.86. The second-order valence-electron chi connectivity index (χ2n) is 6.18. The molecule has 0 unspecified atom stereocenters. The smallest absolute Gasteiger partial charge is 0.306 e. The number of nitrogens with zero attached hydrogens (tertiary/aromatic N) is 2. The summed E-state index contributed by atoms with van der Waals surface area (Å²) in [5, 5.41) is 3.95. The van der Waals surface area contributed by atoms with Crippen molar-refractivity contribution >= 4 is 5.97 Å². The maximum absolute atomic E-state index is 12.0. The van der Waals surface area contributed by atoms with Crippen LogP contribution in [0.25, 0.3) is 11.4 Å². The van der Waals surface area contributed by atoms with E-state index in [1.165, 1.54) is 0 Å². The van der Waals surface area contributed by atoms with Crippen molar-refractivity contribution in [2.24, 2.45) is 0 Å². The lowest BCUT2D eigenvalue weighted by atomic mass is 10.1. The molecule has 1 aromatic heterocycles. The highest BCUT2D eigenvalue weighted by molar-refractivity contribution is 5.69. The van der Waals surface area contributed by atoms with Crippen LogP contribution in [0, 0.1) is 6.92 Å². The number of ether oxygens (including phenoxy) is 3. The lowest BCUT2D eigenvalue weighted by Crippen LogP contribution is -2.06. The Kier molecular flexibility index (Phi) is 6.26. The minimum Gasteiger partial charge on any atom is -0.493 e. The van der Waals surface area contributed by atoms with Crippen molar-refractivity contribution in [3.05, 3.63) is 59.5 Å². The minimum absolute atomic E-state index is 0.0519. The van der Waals surface area contributed by atoms with Gasteiger partial charge in [-0.15, -0.1) is 0 Å². The van der Waals surface area contributed by atoms with E-state index in [1.807, 2.05) is 49.4 Å². The fraction of sp³-hybridized carbons (Fsp3) is 0.286. The molecule has 0 atom stereocenters. The van der Waals surface area contributed by atoms with Gasteiger partial charge in [-0.05, 0) is 36.6 Å². The van der Waals surface area contributed by atoms with E-state index in [1.54, 1.807) is 14.2 Å². The fourth-order valence-corrected chi connectivity index (χ4v) is 2.74. The molecule has 2 aromatic carbocycles. The second kappa shape index (κ2) is 9.03. The van der Waals surface area contributed by atoms with Gasteiger partial charge in [0.05, 0.1) is 14.2 Å². The number of hydrogen-bond donors (Lipinski definition) is 0. The Morgan fingerprint density at radius 2 is 1.86 bits per heavy atom. The monoisotopic (exact) mass is 382 g/mol. The molecule has 1 heterocycles. The van der Waals surface area contributed by atoms with E-state index in [9.17, 15) is 4.79 Å². The highest BCUT2D eigenvalue weighted by Gasteiger charge is 2.13. The van der Waals surface area contributed by atoms with Crippen LogP contribution in [-0.4, -0.2) is 30.3 Å². The minimum atomic E-state index is -0.342. The summed E-state index contributed by atoms with van der Waals surface area (Å²) in [7, 11) is 3.16. The van der Waals surface area contributed by atoms with Gasteiger partial charge in [-0.2, -0.15) is 4.98 Å². The summed E-state index contributed by atoms with van der Waals surface area (Å²) >= 11 is 0. The van der Waals surface area contributed by atoms with Gasteiger partial charge < -0.3 is 18.7 Å². The van der Waals surface area contributed by atoms with Crippen molar-refractivity contribution in [2.45, 2.75) is 26.4 Å². The predicted octanol–water partition coefficient (Wildman–Crippen LogP) is 3.74. The zero-order valence-electron chi connectivity index (χ0n) is 16.1. The van der Waals surface area contributed by atoms with Crippen LogP contribution in [0.2, 0.25) is 0 Å². The van der Waals surface area contributed by atoms with Gasteiger partial charge in [-0.1, -0.05) is 35.5 Å². The molecule has 0 saturated carbocycles. The molecule has 0 aliphatic carbocycles. The molecule has 0 bridgehead atoms. The topological polar surface area (TPSA) is 83.7 Å². The van der Waals surface area contributed by atoms with Gasteiger partial charge in [0.2, 0.25) is 5.82 Å². The van der Waals surface area contributed by atoms with Gasteiger partial charge >= 0.3 is 5.97 Å². The van der Waals surface area contributed by atoms with Crippen molar-refractivity contribution < 1.29 is 23.5 Å². The zero-order chi connectivity index (χ0) is 19.9. The molecular formula is C21H22N2O5. The average Bonchev–Trinajstić information content (AvgIpc) is 3.19. The van der Waals surface area contributed by atoms with E-state index in [4.69, 9.17) is 18.7 Å². The first kappa shape index (κ1) is 19.4. The van der Waals surface area contributed by atoms with Gasteiger partial charge in [0, 0.05) is 12.0 Å². The first-order valence-electron chi connectivity index (χ1n) is 8.86. The Morgan fingerprint density at radius 3 is 2.61 bits per heavy atom. The maximum Gasteiger partial charge on any atom is 0.306 e. The van der Waals surface area contributed by atoms with Crippen LogP contribution in [0.5, 0.6) is 11.5 Å². The molecule has 0 N–H and O–H groups in total. The summed E-state index contributed by atoms with van der Waals surface area (Å²) in [5.41, 5.74) is 2.88. The Balaban J connectivity index is 1.52. The first-order chi connectivity index (χ1) is 13.6. The van der Waals surface area contributed by atoms with Crippen LogP contribution in [0.1, 0.15) is 23.4 Å². The molecule has 0 aliphatic rings. The van der Waals surface area contributed by atoms with Gasteiger partial charge in [0.25, 0.3) is 5.89 Å². The predicted molar refractivity (Wildman–Crippen MR) is 102 cm³/mol. The van der Waals surface area contributed by atoms with E-state index in [-0.39, 0.29) is 24.9 Å². The Bertz CT molecular complexity index is 951. The maximum atomic E-state index is 12.0. The molecule has 28 heavy (non-hydrogen) atoms. The molecule has 3 rings (SSSR count). The summed E-state index contributed by atoms with van der Waals surface area (Å²) in [5.74, 6) is 1.68. The van der Waals surface area contributed by atoms with Crippen LogP contribution in [0.15, 0.2) is 47.0 Å². The van der Waals surface area contributed by atoms with E-state index in [2.05, 4.69) is 10.1 Å². The number of benzene rings is 2. The summed E-state index contributed by atoms with van der Waals surface area (Å²) in [6, 6.07) is 13.3. The third kappa shape index (κ3) is 4.68. The van der Waals surface area contributed by atoms with Crippen LogP contribution < -0.4 is 9.47 Å². The highest BCUT2D eigenvalue weighted by atomic mass is 16.6. The van der Waals surface area contributed by atoms with Crippen LogP contribution in [0.3, 0.4) is 0 Å². The van der Waals surface area contributed by atoms with Crippen molar-refractivity contribution in [1.29, 1.82) is 0 Å². The van der Waals surface area contributed by atoms with Crippen molar-refractivity contribution in [1.82, 2.24) is 10.1 Å². The number of rotatable bonds is 8. The Hall–Kier alpha value is -3.35. The third-order valence-electron chi connectivity index (χ3n) is 4.28. The number of hydrogen-bond acceptors (Lipinski definition) is 7. The van der Waals surface area contributed by atoms with Gasteiger partial charge in [0.1, 0.15) is 0 Å². The third-order valence-corrected chi connectivity index (χ3v) is 4.28. The van der Waals surface area contributed by atoms with E-state index < -0.39 is 0 Å². The van der Waals surface area contributed by atoms with E-state index in [0.717, 1.165) is 16.7 Å². The number of methoxy groups -OCH3 is 2. The molecule has 0 radical (unpaired) electrons. The number of aryl methyl sites for hydroxylation is 2. The van der Waals surface area contributed by atoms with Gasteiger partial charge in [0.15, 0.2) is 18.1 Å². The zero-order valence-corrected chi connectivity index (χ0v) is 16.1. The Morgan fingerprint density at radius 1 is 1.07 bits per heavy atom. The lowest BCUT2D eigenvalue weighted by molar-refractivity contribution is -0.145. The summed E-state index contributed by atoms with van der Waals surface area (Å²) in [6.45, 7) is 1.92. The van der Waals surface area contributed by atoms with Crippen LogP contribution in [0.4, 0.5) is 0 Å². The van der Waals surface area contributed by atoms with E-state index >= 15 is 0 Å². The number of carbonyl (C=O) groups is 1. The SMILES string of the molecule is COc1ccc(CCC(=O)OCc2nc(-c3ccccc3C)no2)cc1OC. The normalized spacial score (nSPS) is 10.5. The second-order valence-corrected chi connectivity index (χ2v) is 6.18. The standard InChI is InChI=1S/C21H22N2O5/c1-14-6-4-5-7-16(14)21-22-19(28-23-21)13-27-20(24)11-9-15-8-10-17(25-2)18(12-15)26-3/h4-8,10,12H,9,11,13H2,1-3H3. The lowest BCUT2D eigenvalue weighted by Gasteiger charge is -2.09. The summed E-state index contributed by atoms with van der Waals surface area (Å²) in [6.07, 6.45) is 0.756. The largest absolute Gasteiger partial charge is 0.493 e. The molecular weight excluding hydrogens is 360 g/mol. The number of aromatic nitrogens is 2. The molecule has 0 fully saturated rings. The summed E-state index contributed by atoms with van der Waals surface area (Å²) in [4.78, 5) is 16.3. The highest BCUT2D eigenvalue weighted by Crippen LogP contribution is 2.28. The van der Waals surface area contributed by atoms with Crippen molar-refractivity contribution in [2.75, 3.05) is 14.2 Å². The number of carbonyl (C=O) groups excluding carboxylic acids is 1. The number of esters is 1. The van der Waals surface area contributed by atoms with Gasteiger partial charge in [-0.25, -0.2) is 0 Å². The Labute approximate surface area is 163 Å². The van der Waals surface area contributed by atoms with Crippen molar-refractivity contribution in [3.8, 4) is 22.9 Å². The van der Waals surface area contributed by atoms with Crippen molar-refractivity contribution in [3.63, 3.8) is 0 Å². The van der Waals surface area contributed by atoms with Crippen LogP contribution in [-0.2, 0) is 22.6 Å². The average molecular weight is 382 g/mol. The van der Waals surface area contributed by atoms with E-state index in [0.29, 0.717) is 23.7 Å². The molecule has 0 amide bonds. The van der Waals surface area contributed by atoms with Crippen LogP contribution >= 0.6 is 0 Å². The molecule has 3 aromatic rings. The summed E-state index contributed by atoms with van der Waals surface area (Å²) < 4.78 is 20.9. The molecule has 0 spiro atoms.